The number of likely N-dealkylation sites (N-methyl/N-ethyl adjacent to an activating group) is 1. The van der Waals surface area contributed by atoms with Gasteiger partial charge in [-0.1, -0.05) is 43.6 Å². The molecule has 0 saturated carbocycles. The highest BCUT2D eigenvalue weighted by Gasteiger charge is 2.07. The molecule has 0 radical (unpaired) electrons. The number of hydrogen-bond acceptors (Lipinski definition) is 20. The van der Waals surface area contributed by atoms with Gasteiger partial charge in [-0.15, -0.1) is 0 Å². The first kappa shape index (κ1) is 85.1. The van der Waals surface area contributed by atoms with E-state index < -0.39 is 5.97 Å². The van der Waals surface area contributed by atoms with Crippen molar-refractivity contribution < 1.29 is 74.3 Å². The topological polar surface area (TPSA) is 308 Å². The van der Waals surface area contributed by atoms with E-state index in [0.29, 0.717) is 52.3 Å². The third-order valence-corrected chi connectivity index (χ3v) is 6.39. The van der Waals surface area contributed by atoms with Gasteiger partial charge in [0.15, 0.2) is 0 Å². The van der Waals surface area contributed by atoms with Gasteiger partial charge in [0, 0.05) is 98.3 Å². The summed E-state index contributed by atoms with van der Waals surface area (Å²) in [5.41, 5.74) is 4.78. The number of aliphatic hydroxyl groups excluding tert-OH is 7. The Morgan fingerprint density at radius 3 is 1.16 bits per heavy atom. The number of carboxylic acid groups (broad SMARTS) is 1. The van der Waals surface area contributed by atoms with Gasteiger partial charge in [0.2, 0.25) is 0 Å². The molecule has 0 unspecified atom stereocenters. The Bertz CT molecular complexity index is 860. The summed E-state index contributed by atoms with van der Waals surface area (Å²) in [6, 6.07) is 0. The average molecular weight is 1010 g/mol. The number of nitrogens with two attached hydrogens (primary N) is 1. The number of carboxylic acids is 1. The van der Waals surface area contributed by atoms with Crippen LogP contribution < -0.4 is 5.73 Å². The second-order valence-electron chi connectivity index (χ2n) is 13.3. The van der Waals surface area contributed by atoms with Crippen molar-refractivity contribution >= 4 is 46.4 Å². The Labute approximate surface area is 396 Å². The Morgan fingerprint density at radius 1 is 0.531 bits per heavy atom. The Balaban J connectivity index is -0.0000000694. The summed E-state index contributed by atoms with van der Waals surface area (Å²) in [7, 11) is 11.6. The van der Waals surface area contributed by atoms with Crippen molar-refractivity contribution in [3.8, 4) is 0 Å². The fraction of sp³-hybridized carbons (Fsp3) is 0.881. The quantitative estimate of drug-likeness (QED) is 0.0169. The van der Waals surface area contributed by atoms with Gasteiger partial charge < -0.3 is 70.5 Å². The highest BCUT2D eigenvalue weighted by atomic mass is 79.9. The maximum Gasteiger partial charge on any atom is 0.302 e. The van der Waals surface area contributed by atoms with Gasteiger partial charge in [0.25, 0.3) is 5.97 Å². The summed E-state index contributed by atoms with van der Waals surface area (Å²) in [6.07, 6.45) is 8.05. The van der Waals surface area contributed by atoms with E-state index in [9.17, 15) is 19.2 Å². The van der Waals surface area contributed by atoms with Crippen LogP contribution in [0.25, 0.3) is 0 Å². The highest BCUT2D eigenvalue weighted by Crippen LogP contribution is 1.97. The molecule has 0 atom stereocenters. The molecular formula is C42H99BrN6O15. The van der Waals surface area contributed by atoms with Gasteiger partial charge in [-0.3, -0.25) is 34.0 Å². The molecule has 22 heteroatoms. The molecule has 10 N–H and O–H groups in total. The number of esters is 2. The molecule has 64 heavy (non-hydrogen) atoms. The molecule has 0 aromatic heterocycles. The molecule has 0 aliphatic heterocycles. The summed E-state index contributed by atoms with van der Waals surface area (Å²) < 4.78 is 9.79. The van der Waals surface area contributed by atoms with E-state index in [0.717, 1.165) is 89.9 Å². The zero-order chi connectivity index (χ0) is 49.8. The summed E-state index contributed by atoms with van der Waals surface area (Å²) in [6.45, 7) is 11.5. The number of hydrogen-bond donors (Lipinski definition) is 9. The number of nitrogens with zero attached hydrogens (tertiary/aromatic N) is 5. The summed E-state index contributed by atoms with van der Waals surface area (Å²) in [4.78, 5) is 59.3. The van der Waals surface area contributed by atoms with Crippen molar-refractivity contribution in [3.05, 3.63) is 0 Å². The maximum atomic E-state index is 10.7. The number of ether oxygens (including phenoxy) is 2. The molecule has 0 saturated heterocycles. The third-order valence-electron chi connectivity index (χ3n) is 5.82. The number of rotatable bonds is 28. The zero-order valence-electron chi connectivity index (χ0n) is 39.7. The summed E-state index contributed by atoms with van der Waals surface area (Å²) in [5, 5.41) is 65.9. The number of aldehydes is 2. The maximum absolute atomic E-state index is 10.7. The fourth-order valence-corrected chi connectivity index (χ4v) is 3.65. The Hall–Kier alpha value is -2.29. The standard InChI is InChI=1S/C12H24N2O4.C8H20N2O2.C6H14O2.C4H9NO.C3H7BrO.C3H6O2.C2H7NO.C2H4O2.2CH4/c1-11(15)17-8-5-6-14(10-13(3)4)7-9-18-12(2)16;1-9(2)8-10(5-7-12)4-3-6-11;7-5-3-1-2-4-6-8;1-5(2)3-4-6;2*4-2-1-3-5;3-1-2-4;1-2(3)4;;/h5-10H2,1-4H3;11-12H,3-8H2,1-2H3;7-8H,1-6H2;4H,3H2,1-2H3;5H,1-3H2;2,5H,1,3H2;4H,1-3H2;1H3,(H,3,4);2*1H4. The highest BCUT2D eigenvalue weighted by molar-refractivity contribution is 9.09. The van der Waals surface area contributed by atoms with Crippen molar-refractivity contribution in [2.45, 2.75) is 87.0 Å². The van der Waals surface area contributed by atoms with Crippen molar-refractivity contribution in [1.82, 2.24) is 24.5 Å². The first-order valence-corrected chi connectivity index (χ1v) is 21.6. The van der Waals surface area contributed by atoms with E-state index in [1.807, 2.05) is 57.0 Å². The van der Waals surface area contributed by atoms with Crippen molar-refractivity contribution in [1.29, 1.82) is 0 Å². The van der Waals surface area contributed by atoms with Crippen molar-refractivity contribution in [2.75, 3.05) is 160 Å². The molecule has 0 amide bonds. The van der Waals surface area contributed by atoms with E-state index in [4.69, 9.17) is 60.9 Å². The van der Waals surface area contributed by atoms with Crippen LogP contribution in [0.15, 0.2) is 0 Å². The SMILES string of the molecule is C.C.CC(=O)O.CC(=O)OCCCN(CCOC(C)=O)CN(C)C.CN(C)CC=O.CN(C)CN(CCO)CCCO.NCCO.O=CCCO.OCCCBr.OCCCCCCO. The van der Waals surface area contributed by atoms with E-state index in [2.05, 4.69) is 25.7 Å². The average Bonchev–Trinajstić information content (AvgIpc) is 3.18. The predicted molar refractivity (Wildman–Crippen MR) is 260 cm³/mol. The van der Waals surface area contributed by atoms with E-state index in [1.165, 1.54) is 13.8 Å². The molecule has 0 heterocycles. The van der Waals surface area contributed by atoms with Crippen LogP contribution in [-0.4, -0.2) is 256 Å². The molecule has 0 rings (SSSR count). The molecule has 0 spiro atoms. The molecule has 0 bridgehead atoms. The third kappa shape index (κ3) is 137. The van der Waals surface area contributed by atoms with Gasteiger partial charge >= 0.3 is 11.9 Å². The van der Waals surface area contributed by atoms with Gasteiger partial charge in [0.05, 0.1) is 39.7 Å². The summed E-state index contributed by atoms with van der Waals surface area (Å²) >= 11 is 3.15. The molecule has 0 aromatic carbocycles. The van der Waals surface area contributed by atoms with E-state index in [-0.39, 0.29) is 72.9 Å². The lowest BCUT2D eigenvalue weighted by atomic mass is 10.2. The molecule has 0 aromatic rings. The Morgan fingerprint density at radius 2 is 0.922 bits per heavy atom. The lowest BCUT2D eigenvalue weighted by Gasteiger charge is -2.25. The number of carbonyl (C=O) groups is 5. The number of aliphatic carboxylic acids is 1. The fourth-order valence-electron chi connectivity index (χ4n) is 3.40. The molecule has 0 fully saturated rings. The number of unbranched alkanes of at least 4 members (excludes halogenated alkanes) is 3. The van der Waals surface area contributed by atoms with E-state index in [1.54, 1.807) is 0 Å². The molecular weight excluding hydrogens is 908 g/mol. The zero-order valence-corrected chi connectivity index (χ0v) is 41.3. The van der Waals surface area contributed by atoms with Crippen LogP contribution in [0.4, 0.5) is 0 Å². The number of carbonyl (C=O) groups excluding carboxylic acids is 4. The summed E-state index contributed by atoms with van der Waals surface area (Å²) in [5.74, 6) is -1.35. The largest absolute Gasteiger partial charge is 0.481 e. The van der Waals surface area contributed by atoms with Gasteiger partial charge in [0.1, 0.15) is 19.2 Å². The number of aliphatic hydroxyl groups is 7. The van der Waals surface area contributed by atoms with Crippen LogP contribution in [-0.2, 0) is 33.4 Å². The van der Waals surface area contributed by atoms with Crippen LogP contribution in [0.3, 0.4) is 0 Å². The van der Waals surface area contributed by atoms with Crippen LogP contribution >= 0.6 is 15.9 Å². The van der Waals surface area contributed by atoms with Crippen LogP contribution in [0.2, 0.25) is 0 Å². The number of alkyl halides is 1. The smallest absolute Gasteiger partial charge is 0.302 e. The van der Waals surface area contributed by atoms with Crippen LogP contribution in [0, 0.1) is 0 Å². The first-order chi connectivity index (χ1) is 29.3. The van der Waals surface area contributed by atoms with E-state index >= 15 is 0 Å². The second kappa shape index (κ2) is 80.9. The molecule has 0 aliphatic rings. The normalized spacial score (nSPS) is 9.36. The van der Waals surface area contributed by atoms with Crippen LogP contribution in [0.1, 0.15) is 87.0 Å². The molecule has 0 aliphatic carbocycles. The Kier molecular flexibility index (Phi) is 108. The van der Waals surface area contributed by atoms with Gasteiger partial charge in [-0.2, -0.15) is 0 Å². The second-order valence-corrected chi connectivity index (χ2v) is 14.1. The minimum Gasteiger partial charge on any atom is -0.481 e. The molecule has 21 nitrogen and oxygen atoms in total. The molecule has 394 valence electrons. The monoisotopic (exact) mass is 1010 g/mol. The minimum atomic E-state index is -0.833. The minimum absolute atomic E-state index is 0. The van der Waals surface area contributed by atoms with Crippen molar-refractivity contribution in [2.24, 2.45) is 5.73 Å². The van der Waals surface area contributed by atoms with Crippen molar-refractivity contribution in [3.63, 3.8) is 0 Å². The number of halogens is 1. The van der Waals surface area contributed by atoms with Crippen LogP contribution in [0.5, 0.6) is 0 Å². The lowest BCUT2D eigenvalue weighted by Crippen LogP contribution is -2.37. The first-order valence-electron chi connectivity index (χ1n) is 20.5. The predicted octanol–water partition coefficient (Wildman–Crippen LogP) is 0.416. The van der Waals surface area contributed by atoms with Gasteiger partial charge in [-0.25, -0.2) is 0 Å². The van der Waals surface area contributed by atoms with Gasteiger partial charge in [-0.05, 0) is 74.4 Å². The lowest BCUT2D eigenvalue weighted by molar-refractivity contribution is -0.142.